The van der Waals surface area contributed by atoms with Crippen molar-refractivity contribution in [2.75, 3.05) is 0 Å². The van der Waals surface area contributed by atoms with Gasteiger partial charge >= 0.3 is 5.69 Å². The van der Waals surface area contributed by atoms with Crippen LogP contribution in [-0.4, -0.2) is 19.1 Å². The Labute approximate surface area is 139 Å². The maximum absolute atomic E-state index is 14.7. The van der Waals surface area contributed by atoms with Crippen LogP contribution in [0.25, 0.3) is 26.9 Å². The summed E-state index contributed by atoms with van der Waals surface area (Å²) in [6.45, 7) is 0. The highest BCUT2D eigenvalue weighted by Crippen LogP contribution is 2.30. The van der Waals surface area contributed by atoms with Gasteiger partial charge in [0.05, 0.1) is 20.9 Å². The van der Waals surface area contributed by atoms with Crippen LogP contribution >= 0.6 is 39.1 Å². The SMILES string of the molecule is O=c1[nH]c2cc3snnc3c(F)c2n1-c1ccc(Br)cc1Cl. The number of aromatic nitrogens is 4. The molecule has 0 unspecified atom stereocenters. The third kappa shape index (κ3) is 1.91. The van der Waals surface area contributed by atoms with E-state index in [1.54, 1.807) is 24.3 Å². The van der Waals surface area contributed by atoms with Gasteiger partial charge in [0.15, 0.2) is 5.82 Å². The van der Waals surface area contributed by atoms with E-state index in [0.29, 0.717) is 20.9 Å². The Bertz CT molecular complexity index is 1100. The van der Waals surface area contributed by atoms with Gasteiger partial charge in [-0.2, -0.15) is 0 Å². The summed E-state index contributed by atoms with van der Waals surface area (Å²) in [5.74, 6) is -0.599. The van der Waals surface area contributed by atoms with Gasteiger partial charge in [0.2, 0.25) is 0 Å². The van der Waals surface area contributed by atoms with Gasteiger partial charge in [0.1, 0.15) is 11.0 Å². The summed E-state index contributed by atoms with van der Waals surface area (Å²) < 4.78 is 21.0. The van der Waals surface area contributed by atoms with Crippen molar-refractivity contribution in [3.8, 4) is 5.69 Å². The number of fused-ring (bicyclic) bond motifs is 2. The molecule has 2 aromatic heterocycles. The lowest BCUT2D eigenvalue weighted by Crippen LogP contribution is -2.15. The molecule has 22 heavy (non-hydrogen) atoms. The summed E-state index contributed by atoms with van der Waals surface area (Å²) in [4.78, 5) is 14.9. The van der Waals surface area contributed by atoms with Gasteiger partial charge in [-0.15, -0.1) is 5.10 Å². The molecule has 0 saturated carbocycles. The number of benzene rings is 2. The summed E-state index contributed by atoms with van der Waals surface area (Å²) in [7, 11) is 0. The van der Waals surface area contributed by atoms with Gasteiger partial charge in [0, 0.05) is 4.47 Å². The fourth-order valence-electron chi connectivity index (χ4n) is 2.35. The van der Waals surface area contributed by atoms with Crippen LogP contribution in [0.5, 0.6) is 0 Å². The predicted molar refractivity (Wildman–Crippen MR) is 87.5 cm³/mol. The molecule has 2 aromatic carbocycles. The second kappa shape index (κ2) is 4.87. The monoisotopic (exact) mass is 398 g/mol. The number of H-pyrrole nitrogens is 1. The molecule has 4 aromatic rings. The van der Waals surface area contributed by atoms with Gasteiger partial charge in [-0.3, -0.25) is 4.57 Å². The van der Waals surface area contributed by atoms with Crippen LogP contribution in [0.15, 0.2) is 33.5 Å². The first-order valence-corrected chi connectivity index (χ1v) is 8.01. The largest absolute Gasteiger partial charge is 0.331 e. The number of hydrogen-bond donors (Lipinski definition) is 1. The first-order valence-electron chi connectivity index (χ1n) is 6.07. The Balaban J connectivity index is 2.17. The minimum absolute atomic E-state index is 0.106. The first kappa shape index (κ1) is 13.9. The van der Waals surface area contributed by atoms with Gasteiger partial charge in [-0.25, -0.2) is 9.18 Å². The maximum Gasteiger partial charge on any atom is 0.331 e. The molecule has 110 valence electrons. The van der Waals surface area contributed by atoms with Crippen molar-refractivity contribution in [1.82, 2.24) is 19.1 Å². The van der Waals surface area contributed by atoms with E-state index in [2.05, 4.69) is 30.5 Å². The van der Waals surface area contributed by atoms with Crippen LogP contribution in [0.4, 0.5) is 4.39 Å². The molecule has 0 fully saturated rings. The molecule has 5 nitrogen and oxygen atoms in total. The smallest absolute Gasteiger partial charge is 0.305 e. The third-order valence-electron chi connectivity index (χ3n) is 3.28. The van der Waals surface area contributed by atoms with E-state index in [1.165, 1.54) is 4.57 Å². The number of aromatic amines is 1. The molecular formula is C13H5BrClFN4OS. The summed E-state index contributed by atoms with van der Waals surface area (Å²) in [5, 5.41) is 4.10. The van der Waals surface area contributed by atoms with Crippen LogP contribution in [-0.2, 0) is 0 Å². The van der Waals surface area contributed by atoms with Gasteiger partial charge in [-0.05, 0) is 35.8 Å². The molecule has 0 aliphatic rings. The second-order valence-electron chi connectivity index (χ2n) is 4.57. The molecule has 0 spiro atoms. The predicted octanol–water partition coefficient (Wildman–Crippen LogP) is 3.88. The zero-order valence-corrected chi connectivity index (χ0v) is 13.8. The maximum atomic E-state index is 14.7. The molecule has 0 saturated heterocycles. The summed E-state index contributed by atoms with van der Waals surface area (Å²) in [6, 6.07) is 6.67. The first-order chi connectivity index (χ1) is 10.6. The third-order valence-corrected chi connectivity index (χ3v) is 4.75. The lowest BCUT2D eigenvalue weighted by atomic mass is 10.2. The van der Waals surface area contributed by atoms with Crippen molar-refractivity contribution >= 4 is 60.3 Å². The summed E-state index contributed by atoms with van der Waals surface area (Å²) >= 11 is 10.6. The topological polar surface area (TPSA) is 63.6 Å². The van der Waals surface area contributed by atoms with E-state index in [0.717, 1.165) is 16.0 Å². The Hall–Kier alpha value is -1.77. The molecule has 0 bridgehead atoms. The summed E-state index contributed by atoms with van der Waals surface area (Å²) in [6.07, 6.45) is 0. The molecule has 9 heteroatoms. The van der Waals surface area contributed by atoms with E-state index in [4.69, 9.17) is 11.6 Å². The van der Waals surface area contributed by atoms with Crippen LogP contribution in [0, 0.1) is 5.82 Å². The molecule has 4 rings (SSSR count). The van der Waals surface area contributed by atoms with E-state index in [1.807, 2.05) is 0 Å². The number of halogens is 3. The zero-order valence-electron chi connectivity index (χ0n) is 10.6. The number of nitrogens with one attached hydrogen (secondary N) is 1. The number of nitrogens with zero attached hydrogens (tertiary/aromatic N) is 3. The molecule has 0 aliphatic carbocycles. The normalized spacial score (nSPS) is 11.6. The fraction of sp³-hybridized carbons (Fsp3) is 0. The summed E-state index contributed by atoms with van der Waals surface area (Å²) in [5.41, 5.74) is 0.541. The van der Waals surface area contributed by atoms with E-state index in [9.17, 15) is 9.18 Å². The zero-order chi connectivity index (χ0) is 15.4. The van der Waals surface area contributed by atoms with Gasteiger partial charge < -0.3 is 4.98 Å². The molecule has 0 amide bonds. The van der Waals surface area contributed by atoms with Crippen LogP contribution < -0.4 is 5.69 Å². The van der Waals surface area contributed by atoms with E-state index >= 15 is 0 Å². The van der Waals surface area contributed by atoms with Crippen molar-refractivity contribution in [1.29, 1.82) is 0 Å². The van der Waals surface area contributed by atoms with Gasteiger partial charge in [-0.1, -0.05) is 32.0 Å². The Morgan fingerprint density at radius 3 is 2.95 bits per heavy atom. The average Bonchev–Trinajstić information content (AvgIpc) is 3.04. The van der Waals surface area contributed by atoms with Crippen LogP contribution in [0.1, 0.15) is 0 Å². The highest BCUT2D eigenvalue weighted by molar-refractivity contribution is 9.10. The lowest BCUT2D eigenvalue weighted by Gasteiger charge is -2.07. The van der Waals surface area contributed by atoms with Crippen molar-refractivity contribution in [2.45, 2.75) is 0 Å². The van der Waals surface area contributed by atoms with Crippen molar-refractivity contribution in [2.24, 2.45) is 0 Å². The lowest BCUT2D eigenvalue weighted by molar-refractivity contribution is 0.642. The number of rotatable bonds is 1. The molecular weight excluding hydrogens is 395 g/mol. The fourth-order valence-corrected chi connectivity index (χ4v) is 3.71. The second-order valence-corrected chi connectivity index (χ2v) is 6.68. The molecule has 0 aliphatic heterocycles. The van der Waals surface area contributed by atoms with Crippen molar-refractivity contribution in [3.63, 3.8) is 0 Å². The quantitative estimate of drug-likeness (QED) is 0.528. The Morgan fingerprint density at radius 2 is 2.18 bits per heavy atom. The highest BCUT2D eigenvalue weighted by Gasteiger charge is 2.19. The van der Waals surface area contributed by atoms with Crippen molar-refractivity contribution < 1.29 is 4.39 Å². The van der Waals surface area contributed by atoms with Gasteiger partial charge in [0.25, 0.3) is 0 Å². The minimum atomic E-state index is -0.599. The molecule has 0 atom stereocenters. The highest BCUT2D eigenvalue weighted by atomic mass is 79.9. The number of imidazole rings is 1. The molecule has 1 N–H and O–H groups in total. The van der Waals surface area contributed by atoms with E-state index < -0.39 is 11.5 Å². The van der Waals surface area contributed by atoms with E-state index in [-0.39, 0.29) is 11.0 Å². The Morgan fingerprint density at radius 1 is 1.36 bits per heavy atom. The van der Waals surface area contributed by atoms with Crippen LogP contribution in [0.3, 0.4) is 0 Å². The number of hydrogen-bond acceptors (Lipinski definition) is 4. The minimum Gasteiger partial charge on any atom is -0.305 e. The molecule has 0 radical (unpaired) electrons. The average molecular weight is 400 g/mol. The molecule has 2 heterocycles. The van der Waals surface area contributed by atoms with Crippen molar-refractivity contribution in [3.05, 3.63) is 50.1 Å². The van der Waals surface area contributed by atoms with Crippen LogP contribution in [0.2, 0.25) is 5.02 Å². The Kier molecular flexibility index (Phi) is 3.07. The standard InChI is InChI=1S/C13H5BrClFN4OS/c14-5-1-2-8(6(15)3-5)20-12-7(17-13(20)21)4-9-11(10(12)16)18-19-22-9/h1-4H,(H,17,21).